The van der Waals surface area contributed by atoms with Crippen LogP contribution in [0.4, 0.5) is 48.3 Å². The Morgan fingerprint density at radius 2 is 0.742 bits per heavy atom. The number of halogens is 11. The van der Waals surface area contributed by atoms with Gasteiger partial charge >= 0.3 is 0 Å². The average Bonchev–Trinajstić information content (AvgIpc) is 2.69. The molecule has 0 saturated heterocycles. The SMILES string of the molecule is Cc1c(F)cc(F)c(B(c2c(F)c(F)cc(F)c2F)c2c(F)c(F)cc(F)c2F)c1F. The number of rotatable bonds is 3. The molecule has 0 aliphatic rings. The molecule has 0 bridgehead atoms. The van der Waals surface area contributed by atoms with Gasteiger partial charge in [0.25, 0.3) is 6.71 Å². The van der Waals surface area contributed by atoms with Gasteiger partial charge in [-0.05, 0) is 6.92 Å². The first-order valence-electron chi connectivity index (χ1n) is 8.18. The zero-order chi connectivity index (χ0) is 23.4. The summed E-state index contributed by atoms with van der Waals surface area (Å²) in [6.07, 6.45) is 0. The molecule has 0 unspecified atom stereocenters. The summed E-state index contributed by atoms with van der Waals surface area (Å²) in [4.78, 5) is 0. The van der Waals surface area contributed by atoms with Crippen LogP contribution in [0.15, 0.2) is 18.2 Å². The monoisotopic (exact) mass is 454 g/mol. The Balaban J connectivity index is 2.60. The molecule has 0 N–H and O–H groups in total. The molecule has 0 aliphatic heterocycles. The van der Waals surface area contributed by atoms with E-state index in [4.69, 9.17) is 0 Å². The first kappa shape index (κ1) is 22.6. The molecule has 3 aromatic carbocycles. The highest BCUT2D eigenvalue weighted by Crippen LogP contribution is 2.19. The lowest BCUT2D eigenvalue weighted by Crippen LogP contribution is -2.60. The molecule has 12 heteroatoms. The summed E-state index contributed by atoms with van der Waals surface area (Å²) >= 11 is 0. The van der Waals surface area contributed by atoms with Gasteiger partial charge in [-0.3, -0.25) is 0 Å². The summed E-state index contributed by atoms with van der Waals surface area (Å²) in [5, 5.41) is 0. The number of hydrogen-bond acceptors (Lipinski definition) is 0. The lowest BCUT2D eigenvalue weighted by atomic mass is 9.35. The smallest absolute Gasteiger partial charge is 0.207 e. The third-order valence-corrected chi connectivity index (χ3v) is 4.59. The molecule has 0 radical (unpaired) electrons. The molecule has 3 rings (SSSR count). The topological polar surface area (TPSA) is 0 Å². The lowest BCUT2D eigenvalue weighted by molar-refractivity contribution is 0.459. The van der Waals surface area contributed by atoms with Crippen molar-refractivity contribution in [3.05, 3.63) is 87.8 Å². The maximum absolute atomic E-state index is 14.7. The predicted octanol–water partition coefficient (Wildman–Crippen LogP) is 4.04. The summed E-state index contributed by atoms with van der Waals surface area (Å²) in [5.74, 6) is -23.5. The third-order valence-electron chi connectivity index (χ3n) is 4.59. The van der Waals surface area contributed by atoms with Crippen LogP contribution in [0.25, 0.3) is 0 Å². The maximum Gasteiger partial charge on any atom is 0.264 e. The van der Waals surface area contributed by atoms with Gasteiger partial charge in [-0.2, -0.15) is 0 Å². The third kappa shape index (κ3) is 3.53. The van der Waals surface area contributed by atoms with Crippen molar-refractivity contribution in [2.24, 2.45) is 0 Å². The molecule has 0 fully saturated rings. The second-order valence-electron chi connectivity index (χ2n) is 6.39. The second kappa shape index (κ2) is 7.90. The summed E-state index contributed by atoms with van der Waals surface area (Å²) < 4.78 is 156. The van der Waals surface area contributed by atoms with Crippen LogP contribution in [0, 0.1) is 70.9 Å². The molecule has 3 aromatic rings. The molecule has 0 atom stereocenters. The summed E-state index contributed by atoms with van der Waals surface area (Å²) in [6, 6.07) is -0.670. The van der Waals surface area contributed by atoms with E-state index in [2.05, 4.69) is 0 Å². The van der Waals surface area contributed by atoms with Crippen molar-refractivity contribution in [2.75, 3.05) is 0 Å². The lowest BCUT2D eigenvalue weighted by Gasteiger charge is -2.21. The van der Waals surface area contributed by atoms with Crippen molar-refractivity contribution < 1.29 is 48.3 Å². The minimum atomic E-state index is -3.13. The van der Waals surface area contributed by atoms with E-state index in [-0.39, 0.29) is 18.2 Å². The number of benzene rings is 3. The first-order chi connectivity index (χ1) is 14.4. The van der Waals surface area contributed by atoms with Gasteiger partial charge in [0.2, 0.25) is 0 Å². The minimum Gasteiger partial charge on any atom is -0.207 e. The van der Waals surface area contributed by atoms with Crippen molar-refractivity contribution in [3.63, 3.8) is 0 Å². The van der Waals surface area contributed by atoms with Gasteiger partial charge in [-0.15, -0.1) is 0 Å². The normalized spacial score (nSPS) is 11.2. The zero-order valence-electron chi connectivity index (χ0n) is 15.0. The minimum absolute atomic E-state index is 0.0440. The van der Waals surface area contributed by atoms with Crippen LogP contribution in [0.3, 0.4) is 0 Å². The Hall–Kier alpha value is -3.05. The quantitative estimate of drug-likeness (QED) is 0.319. The summed E-state index contributed by atoms with van der Waals surface area (Å²) in [5.41, 5.74) is -6.71. The van der Waals surface area contributed by atoms with Gasteiger partial charge in [-0.25, -0.2) is 48.3 Å². The molecular formula is C19H6BF11. The van der Waals surface area contributed by atoms with E-state index in [1.54, 1.807) is 0 Å². The van der Waals surface area contributed by atoms with Gasteiger partial charge in [0.05, 0.1) is 0 Å². The molecule has 0 heterocycles. The molecular weight excluding hydrogens is 448 g/mol. The highest BCUT2D eigenvalue weighted by Gasteiger charge is 2.41. The predicted molar refractivity (Wildman–Crippen MR) is 88.3 cm³/mol. The summed E-state index contributed by atoms with van der Waals surface area (Å²) in [7, 11) is 0. The van der Waals surface area contributed by atoms with Gasteiger partial charge in [0, 0.05) is 40.2 Å². The molecule has 0 aromatic heterocycles. The average molecular weight is 454 g/mol. The molecule has 0 saturated carbocycles. The Labute approximate surface area is 167 Å². The van der Waals surface area contributed by atoms with E-state index in [0.29, 0.717) is 6.92 Å². The Morgan fingerprint density at radius 3 is 1.10 bits per heavy atom. The van der Waals surface area contributed by atoms with Crippen molar-refractivity contribution >= 4 is 23.1 Å². The second-order valence-corrected chi connectivity index (χ2v) is 6.39. The summed E-state index contributed by atoms with van der Waals surface area (Å²) in [6.45, 7) is -2.43. The van der Waals surface area contributed by atoms with Gasteiger partial charge in [0.1, 0.15) is 17.5 Å². The molecule has 0 spiro atoms. The van der Waals surface area contributed by atoms with E-state index in [1.165, 1.54) is 0 Å². The maximum atomic E-state index is 14.7. The first-order valence-corrected chi connectivity index (χ1v) is 8.18. The van der Waals surface area contributed by atoms with Crippen molar-refractivity contribution in [3.8, 4) is 0 Å². The Morgan fingerprint density at radius 1 is 0.419 bits per heavy atom. The van der Waals surface area contributed by atoms with Crippen LogP contribution in [0.2, 0.25) is 0 Å². The van der Waals surface area contributed by atoms with Gasteiger partial charge in [-0.1, -0.05) is 0 Å². The molecule has 0 nitrogen and oxygen atoms in total. The van der Waals surface area contributed by atoms with Gasteiger partial charge in [0.15, 0.2) is 46.5 Å². The largest absolute Gasteiger partial charge is 0.264 e. The van der Waals surface area contributed by atoms with E-state index >= 15 is 0 Å². The van der Waals surface area contributed by atoms with E-state index in [0.717, 1.165) is 0 Å². The van der Waals surface area contributed by atoms with Crippen molar-refractivity contribution in [1.29, 1.82) is 0 Å². The molecule has 31 heavy (non-hydrogen) atoms. The van der Waals surface area contributed by atoms with Crippen LogP contribution < -0.4 is 16.4 Å². The van der Waals surface area contributed by atoms with Crippen LogP contribution in [-0.4, -0.2) is 6.71 Å². The van der Waals surface area contributed by atoms with Crippen LogP contribution in [0.5, 0.6) is 0 Å². The van der Waals surface area contributed by atoms with Crippen molar-refractivity contribution in [1.82, 2.24) is 0 Å². The highest BCUT2D eigenvalue weighted by atomic mass is 19.2. The van der Waals surface area contributed by atoms with Crippen molar-refractivity contribution in [2.45, 2.75) is 6.92 Å². The highest BCUT2D eigenvalue weighted by molar-refractivity contribution is 6.95. The fraction of sp³-hybridized carbons (Fsp3) is 0.0526. The standard InChI is InChI=1S/C19H6BF11/c1-5-6(21)2-7(22)12(15(5)27)20(13-16(28)8(23)3-9(24)17(13)29)14-18(30)10(25)4-11(26)19(14)31/h2-4H,1H3. The zero-order valence-corrected chi connectivity index (χ0v) is 15.0. The van der Waals surface area contributed by atoms with E-state index < -0.39 is 92.7 Å². The van der Waals surface area contributed by atoms with Gasteiger partial charge < -0.3 is 0 Å². The Bertz CT molecular complexity index is 1110. The molecule has 162 valence electrons. The number of hydrogen-bond donors (Lipinski definition) is 0. The van der Waals surface area contributed by atoms with E-state index in [9.17, 15) is 48.3 Å². The molecule has 0 amide bonds. The fourth-order valence-electron chi connectivity index (χ4n) is 3.10. The Kier molecular flexibility index (Phi) is 5.77. The van der Waals surface area contributed by atoms with Crippen LogP contribution >= 0.6 is 0 Å². The van der Waals surface area contributed by atoms with Crippen LogP contribution in [0.1, 0.15) is 5.56 Å². The fourth-order valence-corrected chi connectivity index (χ4v) is 3.10. The van der Waals surface area contributed by atoms with Crippen LogP contribution in [-0.2, 0) is 0 Å². The van der Waals surface area contributed by atoms with E-state index in [1.807, 2.05) is 0 Å². The molecule has 0 aliphatic carbocycles.